The molecule has 1 aromatic carbocycles. The molecular weight excluding hydrogens is 250 g/mol. The van der Waals surface area contributed by atoms with E-state index in [-0.39, 0.29) is 10.8 Å². The van der Waals surface area contributed by atoms with Gasteiger partial charge in [0.05, 0.1) is 19.8 Å². The third-order valence-electron chi connectivity index (χ3n) is 4.89. The molecule has 3 nitrogen and oxygen atoms in total. The van der Waals surface area contributed by atoms with Crippen LogP contribution in [0.5, 0.6) is 5.75 Å². The lowest BCUT2D eigenvalue weighted by molar-refractivity contribution is -0.120. The lowest BCUT2D eigenvalue weighted by atomic mass is 9.79. The third-order valence-corrected chi connectivity index (χ3v) is 4.89. The molecule has 110 valence electrons. The molecule has 1 saturated heterocycles. The van der Waals surface area contributed by atoms with Crippen molar-refractivity contribution in [2.45, 2.75) is 38.0 Å². The lowest BCUT2D eigenvalue weighted by Gasteiger charge is -2.37. The van der Waals surface area contributed by atoms with Gasteiger partial charge in [-0.15, -0.1) is 0 Å². The zero-order chi connectivity index (χ0) is 14.1. The van der Waals surface area contributed by atoms with Gasteiger partial charge in [0.1, 0.15) is 5.75 Å². The van der Waals surface area contributed by atoms with Crippen molar-refractivity contribution >= 4 is 0 Å². The second kappa shape index (κ2) is 5.38. The third kappa shape index (κ3) is 2.57. The van der Waals surface area contributed by atoms with Crippen LogP contribution in [0.1, 0.15) is 38.2 Å². The van der Waals surface area contributed by atoms with Gasteiger partial charge in [-0.1, -0.05) is 31.9 Å². The van der Waals surface area contributed by atoms with Crippen LogP contribution in [0.2, 0.25) is 0 Å². The molecule has 1 aliphatic heterocycles. The Balaban J connectivity index is 1.72. The van der Waals surface area contributed by atoms with Crippen LogP contribution in [0.25, 0.3) is 0 Å². The van der Waals surface area contributed by atoms with Gasteiger partial charge in [-0.3, -0.25) is 0 Å². The predicted octanol–water partition coefficient (Wildman–Crippen LogP) is 2.87. The van der Waals surface area contributed by atoms with Crippen LogP contribution in [-0.2, 0) is 10.2 Å². The Kier molecular flexibility index (Phi) is 3.74. The van der Waals surface area contributed by atoms with Crippen molar-refractivity contribution in [2.75, 3.05) is 26.4 Å². The van der Waals surface area contributed by atoms with Crippen LogP contribution < -0.4 is 10.5 Å². The average Bonchev–Trinajstić information content (AvgIpc) is 2.93. The van der Waals surface area contributed by atoms with E-state index in [1.54, 1.807) is 0 Å². The van der Waals surface area contributed by atoms with E-state index in [2.05, 4.69) is 25.1 Å². The molecular formula is C17H25NO2. The van der Waals surface area contributed by atoms with E-state index >= 15 is 0 Å². The van der Waals surface area contributed by atoms with E-state index < -0.39 is 0 Å². The highest BCUT2D eigenvalue weighted by Gasteiger charge is 2.36. The fourth-order valence-electron chi connectivity index (χ4n) is 3.37. The molecule has 0 spiro atoms. The summed E-state index contributed by atoms with van der Waals surface area (Å²) in [7, 11) is 0. The van der Waals surface area contributed by atoms with Gasteiger partial charge < -0.3 is 15.2 Å². The van der Waals surface area contributed by atoms with E-state index in [4.69, 9.17) is 15.2 Å². The SMILES string of the molecule is CC1(COc2cccc(C3(CN)CCCC3)c2)COC1. The first-order valence-electron chi connectivity index (χ1n) is 7.67. The molecule has 0 bridgehead atoms. The van der Waals surface area contributed by atoms with Gasteiger partial charge in [-0.25, -0.2) is 0 Å². The first-order valence-corrected chi connectivity index (χ1v) is 7.67. The van der Waals surface area contributed by atoms with Gasteiger partial charge in [0.2, 0.25) is 0 Å². The van der Waals surface area contributed by atoms with Gasteiger partial charge >= 0.3 is 0 Å². The summed E-state index contributed by atoms with van der Waals surface area (Å²) in [4.78, 5) is 0. The minimum atomic E-state index is 0.183. The highest BCUT2D eigenvalue weighted by atomic mass is 16.5. The lowest BCUT2D eigenvalue weighted by Crippen LogP contribution is -2.44. The molecule has 0 radical (unpaired) electrons. The maximum Gasteiger partial charge on any atom is 0.119 e. The van der Waals surface area contributed by atoms with Crippen LogP contribution >= 0.6 is 0 Å². The fraction of sp³-hybridized carbons (Fsp3) is 0.647. The van der Waals surface area contributed by atoms with Gasteiger partial charge in [0.25, 0.3) is 0 Å². The Hall–Kier alpha value is -1.06. The maximum atomic E-state index is 6.07. The Labute approximate surface area is 121 Å². The van der Waals surface area contributed by atoms with E-state index in [0.717, 1.165) is 32.1 Å². The molecule has 1 heterocycles. The van der Waals surface area contributed by atoms with Gasteiger partial charge in [0, 0.05) is 17.4 Å². The second-order valence-electron chi connectivity index (χ2n) is 6.81. The minimum Gasteiger partial charge on any atom is -0.493 e. The predicted molar refractivity (Wildman–Crippen MR) is 80.1 cm³/mol. The molecule has 1 saturated carbocycles. The van der Waals surface area contributed by atoms with E-state index in [1.165, 1.54) is 31.2 Å². The van der Waals surface area contributed by atoms with Crippen molar-refractivity contribution in [3.63, 3.8) is 0 Å². The number of ether oxygens (including phenoxy) is 2. The van der Waals surface area contributed by atoms with Crippen molar-refractivity contribution in [2.24, 2.45) is 11.1 Å². The summed E-state index contributed by atoms with van der Waals surface area (Å²) in [6.45, 7) is 5.28. The Morgan fingerprint density at radius 3 is 2.60 bits per heavy atom. The molecule has 2 fully saturated rings. The topological polar surface area (TPSA) is 44.5 Å². The van der Waals surface area contributed by atoms with Crippen LogP contribution in [0.15, 0.2) is 24.3 Å². The highest BCUT2D eigenvalue weighted by Crippen LogP contribution is 2.41. The smallest absolute Gasteiger partial charge is 0.119 e. The van der Waals surface area contributed by atoms with Crippen molar-refractivity contribution < 1.29 is 9.47 Å². The molecule has 0 atom stereocenters. The van der Waals surface area contributed by atoms with Crippen molar-refractivity contribution in [3.05, 3.63) is 29.8 Å². The van der Waals surface area contributed by atoms with Crippen LogP contribution in [-0.4, -0.2) is 26.4 Å². The van der Waals surface area contributed by atoms with Gasteiger partial charge in [0.15, 0.2) is 0 Å². The van der Waals surface area contributed by atoms with E-state index in [1.807, 2.05) is 6.07 Å². The Morgan fingerprint density at radius 2 is 2.00 bits per heavy atom. The molecule has 1 aromatic rings. The molecule has 3 rings (SSSR count). The summed E-state index contributed by atoms with van der Waals surface area (Å²) in [5.74, 6) is 0.968. The standard InChI is InChI=1S/C17H25NO2/c1-16(11-19-12-16)13-20-15-6-4-5-14(9-15)17(10-18)7-2-3-8-17/h4-6,9H,2-3,7-8,10-13,18H2,1H3. The minimum absolute atomic E-state index is 0.183. The summed E-state index contributed by atoms with van der Waals surface area (Å²) in [6.07, 6.45) is 4.99. The number of nitrogens with two attached hydrogens (primary N) is 1. The van der Waals surface area contributed by atoms with Crippen LogP contribution in [0, 0.1) is 5.41 Å². The quantitative estimate of drug-likeness (QED) is 0.898. The zero-order valence-corrected chi connectivity index (χ0v) is 12.4. The number of hydrogen-bond acceptors (Lipinski definition) is 3. The normalized spacial score (nSPS) is 23.3. The summed E-state index contributed by atoms with van der Waals surface area (Å²) >= 11 is 0. The second-order valence-corrected chi connectivity index (χ2v) is 6.81. The Bertz CT molecular complexity index is 462. The maximum absolute atomic E-state index is 6.07. The molecule has 0 unspecified atom stereocenters. The first kappa shape index (κ1) is 13.9. The van der Waals surface area contributed by atoms with Crippen molar-refractivity contribution in [1.29, 1.82) is 0 Å². The molecule has 0 amide bonds. The summed E-state index contributed by atoms with van der Waals surface area (Å²) in [6, 6.07) is 8.55. The summed E-state index contributed by atoms with van der Waals surface area (Å²) in [5.41, 5.74) is 7.79. The van der Waals surface area contributed by atoms with Crippen LogP contribution in [0.4, 0.5) is 0 Å². The average molecular weight is 275 g/mol. The highest BCUT2D eigenvalue weighted by molar-refractivity contribution is 5.35. The molecule has 1 aliphatic carbocycles. The largest absolute Gasteiger partial charge is 0.493 e. The van der Waals surface area contributed by atoms with Gasteiger partial charge in [-0.05, 0) is 30.5 Å². The molecule has 2 aliphatic rings. The summed E-state index contributed by atoms with van der Waals surface area (Å²) < 4.78 is 11.3. The molecule has 0 aromatic heterocycles. The molecule has 3 heteroatoms. The first-order chi connectivity index (χ1) is 9.66. The molecule has 20 heavy (non-hydrogen) atoms. The van der Waals surface area contributed by atoms with E-state index in [9.17, 15) is 0 Å². The monoisotopic (exact) mass is 275 g/mol. The van der Waals surface area contributed by atoms with Crippen molar-refractivity contribution in [3.8, 4) is 5.75 Å². The van der Waals surface area contributed by atoms with Gasteiger partial charge in [-0.2, -0.15) is 0 Å². The number of hydrogen-bond donors (Lipinski definition) is 1. The number of rotatable bonds is 5. The van der Waals surface area contributed by atoms with Crippen molar-refractivity contribution in [1.82, 2.24) is 0 Å². The van der Waals surface area contributed by atoms with E-state index in [0.29, 0.717) is 0 Å². The zero-order valence-electron chi connectivity index (χ0n) is 12.4. The Morgan fingerprint density at radius 1 is 1.25 bits per heavy atom. The summed E-state index contributed by atoms with van der Waals surface area (Å²) in [5, 5.41) is 0. The van der Waals surface area contributed by atoms with Crippen LogP contribution in [0.3, 0.4) is 0 Å². The fourth-order valence-corrected chi connectivity index (χ4v) is 3.37. The molecule has 2 N–H and O–H groups in total. The number of benzene rings is 1.